The van der Waals surface area contributed by atoms with Crippen LogP contribution in [0.2, 0.25) is 0 Å². The van der Waals surface area contributed by atoms with Crippen LogP contribution in [-0.2, 0) is 6.54 Å². The summed E-state index contributed by atoms with van der Waals surface area (Å²) < 4.78 is 0. The lowest BCUT2D eigenvalue weighted by Gasteiger charge is -2.15. The van der Waals surface area contributed by atoms with Crippen LogP contribution in [0, 0.1) is 11.3 Å². The molecule has 0 spiro atoms. The summed E-state index contributed by atoms with van der Waals surface area (Å²) in [6.45, 7) is 2.32. The topological polar surface area (TPSA) is 104 Å². The predicted molar refractivity (Wildman–Crippen MR) is 120 cm³/mol. The Morgan fingerprint density at radius 1 is 1.00 bits per heavy atom. The molecule has 2 aromatic heterocycles. The zero-order valence-electron chi connectivity index (χ0n) is 17.2. The number of carbonyl (C=O) groups is 1. The van der Waals surface area contributed by atoms with E-state index in [0.717, 1.165) is 34.3 Å². The van der Waals surface area contributed by atoms with Gasteiger partial charge >= 0.3 is 0 Å². The maximum Gasteiger partial charge on any atom is 0.232 e. The number of pyridine rings is 1. The second-order valence-electron chi connectivity index (χ2n) is 7.09. The Morgan fingerprint density at radius 3 is 2.39 bits per heavy atom. The molecule has 0 radical (unpaired) electrons. The van der Waals surface area contributed by atoms with Crippen LogP contribution in [0.1, 0.15) is 28.7 Å². The molecule has 0 aliphatic carbocycles. The molecule has 0 aliphatic heterocycles. The summed E-state index contributed by atoms with van der Waals surface area (Å²) in [5.74, 6) is 0.0463. The van der Waals surface area contributed by atoms with Crippen LogP contribution in [-0.4, -0.2) is 27.8 Å². The molecular formula is C24H20N6O. The second-order valence-corrected chi connectivity index (χ2v) is 7.09. The van der Waals surface area contributed by atoms with E-state index in [0.29, 0.717) is 11.3 Å². The molecule has 4 rings (SSSR count). The van der Waals surface area contributed by atoms with Crippen molar-refractivity contribution in [2.45, 2.75) is 13.5 Å². The van der Waals surface area contributed by atoms with E-state index in [2.05, 4.69) is 25.6 Å². The molecule has 2 aromatic carbocycles. The van der Waals surface area contributed by atoms with Gasteiger partial charge in [0.15, 0.2) is 5.78 Å². The van der Waals surface area contributed by atoms with Gasteiger partial charge < -0.3 is 10.6 Å². The lowest BCUT2D eigenvalue weighted by Crippen LogP contribution is -2.05. The van der Waals surface area contributed by atoms with Crippen LogP contribution in [0.3, 0.4) is 0 Å². The Balaban J connectivity index is 1.81. The second kappa shape index (κ2) is 8.69. The highest BCUT2D eigenvalue weighted by molar-refractivity contribution is 6.08. The number of nitrogens with zero attached hydrogens (tertiary/aromatic N) is 4. The standard InChI is InChI=1S/C24H20N6O/c1-15(31)21-14-27-22-8-5-17(18-12-28-23(10-25)29-13-18)9-20(22)24(21)30-19-6-3-16(4-7-19)11-26-2/h3-9,12-14,26H,11H2,1-2H3,(H,27,30). The van der Waals surface area contributed by atoms with Crippen LogP contribution in [0.4, 0.5) is 11.4 Å². The van der Waals surface area contributed by atoms with Gasteiger partial charge in [0.2, 0.25) is 5.82 Å². The summed E-state index contributed by atoms with van der Waals surface area (Å²) >= 11 is 0. The van der Waals surface area contributed by atoms with E-state index in [4.69, 9.17) is 5.26 Å². The van der Waals surface area contributed by atoms with Gasteiger partial charge in [-0.15, -0.1) is 0 Å². The first-order chi connectivity index (χ1) is 15.1. The van der Waals surface area contributed by atoms with Crippen molar-refractivity contribution in [1.82, 2.24) is 20.3 Å². The number of rotatable bonds is 6. The first-order valence-corrected chi connectivity index (χ1v) is 9.76. The molecule has 152 valence electrons. The Bertz CT molecular complexity index is 1290. The van der Waals surface area contributed by atoms with Crippen LogP contribution >= 0.6 is 0 Å². The van der Waals surface area contributed by atoms with Crippen molar-refractivity contribution in [3.05, 3.63) is 78.0 Å². The summed E-state index contributed by atoms with van der Waals surface area (Å²) in [6.07, 6.45) is 4.83. The van der Waals surface area contributed by atoms with E-state index in [9.17, 15) is 4.79 Å². The van der Waals surface area contributed by atoms with Crippen LogP contribution in [0.5, 0.6) is 0 Å². The Morgan fingerprint density at radius 2 is 1.74 bits per heavy atom. The van der Waals surface area contributed by atoms with E-state index >= 15 is 0 Å². The molecule has 0 atom stereocenters. The first-order valence-electron chi connectivity index (χ1n) is 9.76. The summed E-state index contributed by atoms with van der Waals surface area (Å²) in [5.41, 5.74) is 5.67. The van der Waals surface area contributed by atoms with Crippen LogP contribution < -0.4 is 10.6 Å². The number of ketones is 1. The SMILES string of the molecule is CNCc1ccc(Nc2c(C(C)=O)cnc3ccc(-c4cnc(C#N)nc4)cc23)cc1. The lowest BCUT2D eigenvalue weighted by molar-refractivity contribution is 0.101. The molecule has 0 fully saturated rings. The number of benzene rings is 2. The number of nitrogens with one attached hydrogen (secondary N) is 2. The lowest BCUT2D eigenvalue weighted by atomic mass is 10.0. The van der Waals surface area contributed by atoms with Crippen molar-refractivity contribution >= 4 is 28.1 Å². The Labute approximate surface area is 179 Å². The highest BCUT2D eigenvalue weighted by Gasteiger charge is 2.14. The third-order valence-electron chi connectivity index (χ3n) is 4.94. The molecule has 0 aliphatic rings. The van der Waals surface area contributed by atoms with Crippen LogP contribution in [0.25, 0.3) is 22.0 Å². The van der Waals surface area contributed by atoms with Crippen molar-refractivity contribution in [3.8, 4) is 17.2 Å². The fourth-order valence-corrected chi connectivity index (χ4v) is 3.36. The smallest absolute Gasteiger partial charge is 0.232 e. The summed E-state index contributed by atoms with van der Waals surface area (Å²) in [4.78, 5) is 24.9. The van der Waals surface area contributed by atoms with Gasteiger partial charge in [0, 0.05) is 41.8 Å². The molecule has 0 bridgehead atoms. The predicted octanol–water partition coefficient (Wildman–Crippen LogP) is 4.23. The van der Waals surface area contributed by atoms with E-state index < -0.39 is 0 Å². The minimum atomic E-state index is -0.0733. The molecule has 31 heavy (non-hydrogen) atoms. The van der Waals surface area contributed by atoms with Crippen molar-refractivity contribution < 1.29 is 4.79 Å². The van der Waals surface area contributed by atoms with Crippen molar-refractivity contribution in [3.63, 3.8) is 0 Å². The fourth-order valence-electron chi connectivity index (χ4n) is 3.36. The fraction of sp³-hybridized carbons (Fsp3) is 0.125. The van der Waals surface area contributed by atoms with Gasteiger partial charge in [-0.25, -0.2) is 9.97 Å². The zero-order valence-corrected chi connectivity index (χ0v) is 17.2. The molecule has 0 amide bonds. The number of anilines is 2. The van der Waals surface area contributed by atoms with Crippen LogP contribution in [0.15, 0.2) is 61.1 Å². The molecule has 2 N–H and O–H groups in total. The molecular weight excluding hydrogens is 388 g/mol. The summed E-state index contributed by atoms with van der Waals surface area (Å²) in [7, 11) is 1.91. The summed E-state index contributed by atoms with van der Waals surface area (Å²) in [6, 6.07) is 15.7. The third-order valence-corrected chi connectivity index (χ3v) is 4.94. The van der Waals surface area contributed by atoms with Crippen molar-refractivity contribution in [2.75, 3.05) is 12.4 Å². The van der Waals surface area contributed by atoms with E-state index in [1.54, 1.807) is 18.6 Å². The minimum Gasteiger partial charge on any atom is -0.354 e. The monoisotopic (exact) mass is 408 g/mol. The van der Waals surface area contributed by atoms with E-state index in [1.165, 1.54) is 12.5 Å². The Hall–Kier alpha value is -4.15. The number of nitriles is 1. The van der Waals surface area contributed by atoms with Gasteiger partial charge in [-0.2, -0.15) is 5.26 Å². The molecule has 0 unspecified atom stereocenters. The van der Waals surface area contributed by atoms with Gasteiger partial charge in [0.25, 0.3) is 0 Å². The average molecular weight is 408 g/mol. The third kappa shape index (κ3) is 4.25. The Kier molecular flexibility index (Phi) is 5.65. The number of carbonyl (C=O) groups excluding carboxylic acids is 1. The molecule has 0 saturated heterocycles. The number of aromatic nitrogens is 3. The first kappa shape index (κ1) is 20.1. The largest absolute Gasteiger partial charge is 0.354 e. The number of Topliss-reactive ketones (excluding diaryl/α,β-unsaturated/α-hetero) is 1. The van der Waals surface area contributed by atoms with Crippen molar-refractivity contribution in [2.24, 2.45) is 0 Å². The van der Waals surface area contributed by atoms with Gasteiger partial charge in [-0.3, -0.25) is 9.78 Å². The summed E-state index contributed by atoms with van der Waals surface area (Å²) in [5, 5.41) is 16.3. The molecule has 0 saturated carbocycles. The highest BCUT2D eigenvalue weighted by Crippen LogP contribution is 2.32. The van der Waals surface area contributed by atoms with Gasteiger partial charge in [0.1, 0.15) is 6.07 Å². The molecule has 4 aromatic rings. The molecule has 7 nitrogen and oxygen atoms in total. The van der Waals surface area contributed by atoms with Gasteiger partial charge in [0.05, 0.1) is 16.8 Å². The number of fused-ring (bicyclic) bond motifs is 1. The molecule has 2 heterocycles. The van der Waals surface area contributed by atoms with Gasteiger partial charge in [-0.05, 0) is 49.4 Å². The minimum absolute atomic E-state index is 0.0733. The maximum atomic E-state index is 12.3. The van der Waals surface area contributed by atoms with E-state index in [1.807, 2.05) is 55.6 Å². The quantitative estimate of drug-likeness (QED) is 0.460. The van der Waals surface area contributed by atoms with E-state index in [-0.39, 0.29) is 11.6 Å². The normalized spacial score (nSPS) is 10.6. The van der Waals surface area contributed by atoms with Gasteiger partial charge in [-0.1, -0.05) is 18.2 Å². The number of hydrogen-bond acceptors (Lipinski definition) is 7. The number of hydrogen-bond donors (Lipinski definition) is 2. The average Bonchev–Trinajstić information content (AvgIpc) is 2.80. The highest BCUT2D eigenvalue weighted by atomic mass is 16.1. The zero-order chi connectivity index (χ0) is 21.8. The molecule has 7 heteroatoms. The maximum absolute atomic E-state index is 12.3. The van der Waals surface area contributed by atoms with Crippen molar-refractivity contribution in [1.29, 1.82) is 5.26 Å².